The smallest absolute Gasteiger partial charge is 0.342 e. The average molecular weight is 494 g/mol. The molecule has 0 spiro atoms. The molecule has 3 aromatic rings. The number of nitrogens with zero attached hydrogens (tertiary/aromatic N) is 2. The Balaban J connectivity index is 1.88. The first-order valence-corrected chi connectivity index (χ1v) is 10.2. The van der Waals surface area contributed by atoms with Crippen molar-refractivity contribution in [1.82, 2.24) is 10.2 Å². The topological polar surface area (TPSA) is 85.5 Å². The van der Waals surface area contributed by atoms with Crippen molar-refractivity contribution in [2.75, 3.05) is 6.61 Å². The van der Waals surface area contributed by atoms with Crippen LogP contribution in [0.25, 0.3) is 17.5 Å². The van der Waals surface area contributed by atoms with Gasteiger partial charge in [-0.1, -0.05) is 40.2 Å². The minimum Gasteiger partial charge on any atom is -0.489 e. The maximum absolute atomic E-state index is 11.8. The minimum absolute atomic E-state index is 0.00198. The van der Waals surface area contributed by atoms with Gasteiger partial charge in [0.05, 0.1) is 0 Å². The first-order chi connectivity index (χ1) is 14.0. The van der Waals surface area contributed by atoms with Crippen LogP contribution in [0.2, 0.25) is 5.02 Å². The van der Waals surface area contributed by atoms with Gasteiger partial charge in [0.15, 0.2) is 0 Å². The lowest BCUT2D eigenvalue weighted by atomic mass is 10.2. The zero-order chi connectivity index (χ0) is 20.8. The molecule has 9 heteroatoms. The Morgan fingerprint density at radius 3 is 2.72 bits per heavy atom. The van der Waals surface area contributed by atoms with Gasteiger partial charge < -0.3 is 14.3 Å². The number of thioether (sulfide) groups is 1. The third-order valence-corrected chi connectivity index (χ3v) is 5.12. The van der Waals surface area contributed by atoms with Gasteiger partial charge in [0.1, 0.15) is 17.3 Å². The predicted octanol–water partition coefficient (Wildman–Crippen LogP) is 5.94. The fourth-order valence-electron chi connectivity index (χ4n) is 2.24. The molecule has 3 rings (SSSR count). The van der Waals surface area contributed by atoms with E-state index < -0.39 is 5.97 Å². The van der Waals surface area contributed by atoms with Crippen LogP contribution in [0.5, 0.6) is 5.75 Å². The van der Waals surface area contributed by atoms with Crippen molar-refractivity contribution >= 4 is 51.3 Å². The molecular formula is C20H14BrClN2O4S. The molecule has 0 saturated heterocycles. The number of aliphatic carboxylic acids is 1. The van der Waals surface area contributed by atoms with Crippen molar-refractivity contribution in [2.45, 2.75) is 5.22 Å². The number of benzene rings is 2. The second kappa shape index (κ2) is 9.78. The Labute approximate surface area is 184 Å². The molecule has 2 aromatic carbocycles. The van der Waals surface area contributed by atoms with E-state index >= 15 is 0 Å². The average Bonchev–Trinajstić information content (AvgIpc) is 3.16. The van der Waals surface area contributed by atoms with Gasteiger partial charge in [-0.2, -0.15) is 0 Å². The van der Waals surface area contributed by atoms with E-state index in [2.05, 4.69) is 32.7 Å². The van der Waals surface area contributed by atoms with E-state index in [9.17, 15) is 9.90 Å². The normalized spacial score (nSPS) is 11.3. The third-order valence-electron chi connectivity index (χ3n) is 3.52. The number of hydrogen-bond donors (Lipinski definition) is 1. The quantitative estimate of drug-likeness (QED) is 0.236. The Kier molecular flexibility index (Phi) is 7.13. The van der Waals surface area contributed by atoms with E-state index in [1.165, 1.54) is 6.08 Å². The van der Waals surface area contributed by atoms with Crippen molar-refractivity contribution in [3.8, 4) is 17.2 Å². The molecule has 0 bridgehead atoms. The van der Waals surface area contributed by atoms with Crippen LogP contribution in [0, 0.1) is 0 Å². The van der Waals surface area contributed by atoms with Gasteiger partial charge in [0.2, 0.25) is 5.89 Å². The first kappa shape index (κ1) is 21.2. The van der Waals surface area contributed by atoms with Crippen LogP contribution in [0.4, 0.5) is 0 Å². The van der Waals surface area contributed by atoms with Gasteiger partial charge in [-0.25, -0.2) is 4.79 Å². The Hall–Kier alpha value is -2.55. The summed E-state index contributed by atoms with van der Waals surface area (Å²) < 4.78 is 12.0. The van der Waals surface area contributed by atoms with E-state index in [0.717, 1.165) is 16.2 Å². The number of halogens is 2. The number of carboxylic acids is 1. The first-order valence-electron chi connectivity index (χ1n) is 8.22. The van der Waals surface area contributed by atoms with Crippen molar-refractivity contribution in [3.05, 3.63) is 75.1 Å². The molecule has 0 atom stereocenters. The van der Waals surface area contributed by atoms with E-state index in [4.69, 9.17) is 20.8 Å². The highest BCUT2D eigenvalue weighted by Gasteiger charge is 2.17. The van der Waals surface area contributed by atoms with Crippen molar-refractivity contribution < 1.29 is 19.1 Å². The molecule has 0 saturated carbocycles. The molecule has 0 radical (unpaired) electrons. The summed E-state index contributed by atoms with van der Waals surface area (Å²) in [4.78, 5) is 11.8. The van der Waals surface area contributed by atoms with Gasteiger partial charge >= 0.3 is 5.97 Å². The Morgan fingerprint density at radius 1 is 1.28 bits per heavy atom. The monoisotopic (exact) mass is 492 g/mol. The zero-order valence-corrected chi connectivity index (χ0v) is 18.0. The van der Waals surface area contributed by atoms with E-state index in [1.807, 2.05) is 0 Å². The molecule has 0 fully saturated rings. The molecule has 0 aliphatic heterocycles. The summed E-state index contributed by atoms with van der Waals surface area (Å²) in [5, 5.41) is 18.2. The number of hydrogen-bond acceptors (Lipinski definition) is 6. The highest BCUT2D eigenvalue weighted by molar-refractivity contribution is 9.10. The van der Waals surface area contributed by atoms with E-state index in [0.29, 0.717) is 28.5 Å². The lowest BCUT2D eigenvalue weighted by molar-refractivity contribution is -0.131. The summed E-state index contributed by atoms with van der Waals surface area (Å²) in [6.07, 6.45) is 3.10. The number of carboxylic acid groups (broad SMARTS) is 1. The van der Waals surface area contributed by atoms with Gasteiger partial charge in [-0.05, 0) is 60.3 Å². The molecule has 0 unspecified atom stereocenters. The number of rotatable bonds is 8. The fraction of sp³-hybridized carbons (Fsp3) is 0.0500. The van der Waals surface area contributed by atoms with Crippen LogP contribution in [-0.2, 0) is 4.79 Å². The van der Waals surface area contributed by atoms with Crippen molar-refractivity contribution in [1.29, 1.82) is 0 Å². The standard InChI is InChI=1S/C20H14BrClN2O4S/c1-2-9-27-16-8-5-14(21)10-13(16)11-17(19(25)26)29-20-24-23-18(28-20)12-3-6-15(22)7-4-12/h2-8,10-11H,1,9H2,(H,25,26)/b17-11-. The summed E-state index contributed by atoms with van der Waals surface area (Å²) >= 11 is 10.1. The number of ether oxygens (including phenoxy) is 1. The molecule has 0 aliphatic rings. The van der Waals surface area contributed by atoms with E-state index in [1.54, 1.807) is 48.5 Å². The summed E-state index contributed by atoms with van der Waals surface area (Å²) in [6.45, 7) is 3.91. The molecular weight excluding hydrogens is 480 g/mol. The van der Waals surface area contributed by atoms with E-state index in [-0.39, 0.29) is 16.0 Å². The van der Waals surface area contributed by atoms with Crippen molar-refractivity contribution in [2.24, 2.45) is 0 Å². The lowest BCUT2D eigenvalue weighted by Gasteiger charge is -2.08. The predicted molar refractivity (Wildman–Crippen MR) is 116 cm³/mol. The second-order valence-corrected chi connectivity index (χ2v) is 7.92. The maximum Gasteiger partial charge on any atom is 0.342 e. The molecule has 1 aromatic heterocycles. The van der Waals surface area contributed by atoms with Crippen LogP contribution in [0.15, 0.2) is 74.1 Å². The van der Waals surface area contributed by atoms with Crippen LogP contribution in [0.1, 0.15) is 5.56 Å². The number of aromatic nitrogens is 2. The zero-order valence-electron chi connectivity index (χ0n) is 14.8. The highest BCUT2D eigenvalue weighted by Crippen LogP contribution is 2.33. The number of carbonyl (C=O) groups is 1. The molecule has 29 heavy (non-hydrogen) atoms. The summed E-state index contributed by atoms with van der Waals surface area (Å²) in [6, 6.07) is 12.2. The maximum atomic E-state index is 11.8. The Bertz CT molecular complexity index is 1070. The minimum atomic E-state index is -1.13. The van der Waals surface area contributed by atoms with Crippen LogP contribution in [-0.4, -0.2) is 27.9 Å². The van der Waals surface area contributed by atoms with Gasteiger partial charge in [-0.3, -0.25) is 0 Å². The fourth-order valence-corrected chi connectivity index (χ4v) is 3.41. The second-order valence-electron chi connectivity index (χ2n) is 5.58. The van der Waals surface area contributed by atoms with Gasteiger partial charge in [0, 0.05) is 20.6 Å². The summed E-state index contributed by atoms with van der Waals surface area (Å²) in [5.41, 5.74) is 1.27. The SMILES string of the molecule is C=CCOc1ccc(Br)cc1/C=C(\Sc1nnc(-c2ccc(Cl)cc2)o1)C(=O)O. The highest BCUT2D eigenvalue weighted by atomic mass is 79.9. The molecule has 1 N–H and O–H groups in total. The van der Waals surface area contributed by atoms with Crippen LogP contribution in [0.3, 0.4) is 0 Å². The molecule has 148 valence electrons. The molecule has 1 heterocycles. The Morgan fingerprint density at radius 2 is 2.03 bits per heavy atom. The van der Waals surface area contributed by atoms with Crippen LogP contribution < -0.4 is 4.74 Å². The summed E-state index contributed by atoms with van der Waals surface area (Å²) in [5.74, 6) is -0.331. The summed E-state index contributed by atoms with van der Waals surface area (Å²) in [7, 11) is 0. The molecule has 0 amide bonds. The largest absolute Gasteiger partial charge is 0.489 e. The lowest BCUT2D eigenvalue weighted by Crippen LogP contribution is -1.99. The van der Waals surface area contributed by atoms with Gasteiger partial charge in [-0.15, -0.1) is 10.2 Å². The molecule has 0 aliphatic carbocycles. The molecule has 6 nitrogen and oxygen atoms in total. The van der Waals surface area contributed by atoms with Gasteiger partial charge in [0.25, 0.3) is 5.22 Å². The van der Waals surface area contributed by atoms with Crippen molar-refractivity contribution in [3.63, 3.8) is 0 Å². The van der Waals surface area contributed by atoms with Crippen LogP contribution >= 0.6 is 39.3 Å². The third kappa shape index (κ3) is 5.72.